The zero-order valence-corrected chi connectivity index (χ0v) is 17.6. The third-order valence-electron chi connectivity index (χ3n) is 5.14. The maximum absolute atomic E-state index is 12.6. The van der Waals surface area contributed by atoms with E-state index in [0.29, 0.717) is 17.2 Å². The van der Waals surface area contributed by atoms with Gasteiger partial charge in [-0.1, -0.05) is 6.07 Å². The van der Waals surface area contributed by atoms with Gasteiger partial charge in [0.25, 0.3) is 5.91 Å². The fourth-order valence-corrected chi connectivity index (χ4v) is 3.48. The molecular formula is C23H28N2O5. The predicted octanol–water partition coefficient (Wildman–Crippen LogP) is 3.88. The van der Waals surface area contributed by atoms with E-state index in [1.165, 1.54) is 40.4 Å². The number of hydrogen-bond acceptors (Lipinski definition) is 6. The Hall–Kier alpha value is -3.22. The highest BCUT2D eigenvalue weighted by Gasteiger charge is 2.24. The number of esters is 1. The third-order valence-corrected chi connectivity index (χ3v) is 5.14. The van der Waals surface area contributed by atoms with E-state index in [1.807, 2.05) is 24.3 Å². The number of hydrogen-bond donors (Lipinski definition) is 1. The summed E-state index contributed by atoms with van der Waals surface area (Å²) in [5.41, 5.74) is 1.95. The van der Waals surface area contributed by atoms with E-state index in [9.17, 15) is 9.59 Å². The number of rotatable bonds is 7. The van der Waals surface area contributed by atoms with Crippen molar-refractivity contribution in [3.05, 3.63) is 48.0 Å². The summed E-state index contributed by atoms with van der Waals surface area (Å²) in [6.07, 6.45) is 2.70. The van der Waals surface area contributed by atoms with Gasteiger partial charge in [-0.25, -0.2) is 4.79 Å². The molecule has 2 aromatic carbocycles. The molecule has 30 heavy (non-hydrogen) atoms. The van der Waals surface area contributed by atoms with Crippen molar-refractivity contribution in [2.75, 3.05) is 37.5 Å². The second-order valence-corrected chi connectivity index (χ2v) is 7.17. The van der Waals surface area contributed by atoms with Crippen LogP contribution in [0, 0.1) is 0 Å². The number of benzene rings is 2. The fourth-order valence-electron chi connectivity index (χ4n) is 3.48. The number of nitrogens with one attached hydrogen (secondary N) is 1. The van der Waals surface area contributed by atoms with E-state index >= 15 is 0 Å². The fraction of sp³-hybridized carbons (Fsp3) is 0.391. The molecule has 1 saturated heterocycles. The molecule has 3 rings (SSSR count). The Balaban J connectivity index is 1.61. The van der Waals surface area contributed by atoms with E-state index in [-0.39, 0.29) is 5.56 Å². The molecule has 1 atom stereocenters. The predicted molar refractivity (Wildman–Crippen MR) is 116 cm³/mol. The minimum atomic E-state index is -0.992. The van der Waals surface area contributed by atoms with Crippen LogP contribution in [0.1, 0.15) is 36.5 Å². The number of nitrogens with zero attached hydrogens (tertiary/aromatic N) is 1. The third kappa shape index (κ3) is 5.03. The summed E-state index contributed by atoms with van der Waals surface area (Å²) in [4.78, 5) is 27.5. The number of anilines is 2. The number of ether oxygens (including phenoxy) is 3. The van der Waals surface area contributed by atoms with Crippen LogP contribution in [-0.2, 0) is 9.53 Å². The maximum Gasteiger partial charge on any atom is 0.346 e. The summed E-state index contributed by atoms with van der Waals surface area (Å²) < 4.78 is 15.8. The Morgan fingerprint density at radius 1 is 0.933 bits per heavy atom. The van der Waals surface area contributed by atoms with Gasteiger partial charge in [0.2, 0.25) is 0 Å². The van der Waals surface area contributed by atoms with Crippen molar-refractivity contribution in [1.29, 1.82) is 0 Å². The lowest BCUT2D eigenvalue weighted by molar-refractivity contribution is -0.123. The second kappa shape index (κ2) is 10.0. The molecule has 1 aliphatic heterocycles. The van der Waals surface area contributed by atoms with Crippen molar-refractivity contribution >= 4 is 23.3 Å². The van der Waals surface area contributed by atoms with Crippen LogP contribution in [0.15, 0.2) is 42.5 Å². The summed E-state index contributed by atoms with van der Waals surface area (Å²) >= 11 is 0. The lowest BCUT2D eigenvalue weighted by Gasteiger charge is -2.28. The van der Waals surface area contributed by atoms with Crippen LogP contribution in [0.4, 0.5) is 11.4 Å². The monoisotopic (exact) mass is 412 g/mol. The average molecular weight is 412 g/mol. The van der Waals surface area contributed by atoms with Crippen molar-refractivity contribution in [2.24, 2.45) is 0 Å². The number of piperidine rings is 1. The molecule has 160 valence electrons. The first kappa shape index (κ1) is 21.5. The standard InChI is InChI=1S/C23H28N2O5/c1-16(30-23(27)21-19(28-2)8-7-9-20(21)29-3)22(26)24-17-10-12-18(13-11-17)25-14-5-4-6-15-25/h7-13,16H,4-6,14-15H2,1-3H3,(H,24,26)/t16-/m1/s1. The quantitative estimate of drug-likeness (QED) is 0.696. The van der Waals surface area contributed by atoms with E-state index in [2.05, 4.69) is 10.2 Å². The summed E-state index contributed by atoms with van der Waals surface area (Å²) in [5, 5.41) is 2.79. The van der Waals surface area contributed by atoms with Crippen LogP contribution >= 0.6 is 0 Å². The molecule has 1 aliphatic rings. The first-order valence-corrected chi connectivity index (χ1v) is 10.1. The molecule has 0 radical (unpaired) electrons. The van der Waals surface area contributed by atoms with Gasteiger partial charge in [-0.2, -0.15) is 0 Å². The van der Waals surface area contributed by atoms with Gasteiger partial charge in [0, 0.05) is 24.5 Å². The molecule has 0 aromatic heterocycles. The summed E-state index contributed by atoms with van der Waals surface area (Å²) in [5.74, 6) is -0.462. The van der Waals surface area contributed by atoms with Gasteiger partial charge in [-0.05, 0) is 62.6 Å². The number of carbonyl (C=O) groups is 2. The Morgan fingerprint density at radius 2 is 1.53 bits per heavy atom. The van der Waals surface area contributed by atoms with Crippen LogP contribution in [0.5, 0.6) is 11.5 Å². The van der Waals surface area contributed by atoms with Gasteiger partial charge < -0.3 is 24.4 Å². The highest BCUT2D eigenvalue weighted by atomic mass is 16.6. The molecule has 0 unspecified atom stereocenters. The van der Waals surface area contributed by atoms with Gasteiger partial charge in [0.1, 0.15) is 17.1 Å². The van der Waals surface area contributed by atoms with Crippen LogP contribution < -0.4 is 19.7 Å². The molecule has 0 aliphatic carbocycles. The lowest BCUT2D eigenvalue weighted by Crippen LogP contribution is -2.30. The normalized spacial score (nSPS) is 14.6. The average Bonchev–Trinajstić information content (AvgIpc) is 2.79. The highest BCUT2D eigenvalue weighted by molar-refractivity contribution is 5.99. The Morgan fingerprint density at radius 3 is 2.10 bits per heavy atom. The smallest absolute Gasteiger partial charge is 0.346 e. The molecule has 7 nitrogen and oxygen atoms in total. The van der Waals surface area contributed by atoms with Crippen LogP contribution in [0.25, 0.3) is 0 Å². The minimum absolute atomic E-state index is 0.146. The van der Waals surface area contributed by atoms with Crippen LogP contribution in [-0.4, -0.2) is 45.3 Å². The van der Waals surface area contributed by atoms with Gasteiger partial charge in [-0.15, -0.1) is 0 Å². The van der Waals surface area contributed by atoms with Gasteiger partial charge >= 0.3 is 5.97 Å². The molecule has 2 aromatic rings. The van der Waals surface area contributed by atoms with E-state index < -0.39 is 18.0 Å². The van der Waals surface area contributed by atoms with E-state index in [4.69, 9.17) is 14.2 Å². The molecule has 1 fully saturated rings. The van der Waals surface area contributed by atoms with Crippen molar-refractivity contribution in [1.82, 2.24) is 0 Å². The van der Waals surface area contributed by atoms with Gasteiger partial charge in [-0.3, -0.25) is 4.79 Å². The largest absolute Gasteiger partial charge is 0.496 e. The molecule has 7 heteroatoms. The summed E-state index contributed by atoms with van der Waals surface area (Å²) in [6, 6.07) is 12.7. The SMILES string of the molecule is COc1cccc(OC)c1C(=O)O[C@H](C)C(=O)Nc1ccc(N2CCCCC2)cc1. The van der Waals surface area contributed by atoms with Crippen molar-refractivity contribution in [2.45, 2.75) is 32.3 Å². The zero-order valence-electron chi connectivity index (χ0n) is 17.6. The lowest BCUT2D eigenvalue weighted by atomic mass is 10.1. The maximum atomic E-state index is 12.6. The molecule has 1 N–H and O–H groups in total. The minimum Gasteiger partial charge on any atom is -0.496 e. The topological polar surface area (TPSA) is 77.1 Å². The van der Waals surface area contributed by atoms with E-state index in [1.54, 1.807) is 18.2 Å². The van der Waals surface area contributed by atoms with Crippen molar-refractivity contribution in [3.63, 3.8) is 0 Å². The highest BCUT2D eigenvalue weighted by Crippen LogP contribution is 2.29. The van der Waals surface area contributed by atoms with Crippen LogP contribution in [0.3, 0.4) is 0 Å². The molecule has 0 spiro atoms. The molecule has 1 heterocycles. The Bertz CT molecular complexity index is 853. The Kier molecular flexibility index (Phi) is 7.17. The molecule has 1 amide bonds. The number of carbonyl (C=O) groups excluding carboxylic acids is 2. The van der Waals surface area contributed by atoms with Crippen molar-refractivity contribution < 1.29 is 23.8 Å². The second-order valence-electron chi connectivity index (χ2n) is 7.17. The van der Waals surface area contributed by atoms with Gasteiger partial charge in [0.05, 0.1) is 14.2 Å². The van der Waals surface area contributed by atoms with Crippen molar-refractivity contribution in [3.8, 4) is 11.5 Å². The molecule has 0 saturated carbocycles. The summed E-state index contributed by atoms with van der Waals surface area (Å²) in [7, 11) is 2.91. The van der Waals surface area contributed by atoms with Crippen LogP contribution in [0.2, 0.25) is 0 Å². The van der Waals surface area contributed by atoms with E-state index in [0.717, 1.165) is 18.8 Å². The molecular weight excluding hydrogens is 384 g/mol. The number of methoxy groups -OCH3 is 2. The number of amides is 1. The molecule has 0 bridgehead atoms. The summed E-state index contributed by atoms with van der Waals surface area (Å²) in [6.45, 7) is 3.65. The first-order valence-electron chi connectivity index (χ1n) is 10.1. The zero-order chi connectivity index (χ0) is 21.5. The van der Waals surface area contributed by atoms with Gasteiger partial charge in [0.15, 0.2) is 6.10 Å². The first-order chi connectivity index (χ1) is 14.5. The Labute approximate surface area is 176 Å².